The summed E-state index contributed by atoms with van der Waals surface area (Å²) in [5.74, 6) is -2.35. The summed E-state index contributed by atoms with van der Waals surface area (Å²) in [5, 5.41) is 11.2. The molecule has 1 fully saturated rings. The highest BCUT2D eigenvalue weighted by Gasteiger charge is 2.47. The zero-order chi connectivity index (χ0) is 25.1. The van der Waals surface area contributed by atoms with Gasteiger partial charge in [-0.05, 0) is 67.4 Å². The fourth-order valence-electron chi connectivity index (χ4n) is 3.90. The number of aryl methyl sites for hydroxylation is 1. The summed E-state index contributed by atoms with van der Waals surface area (Å²) in [6.07, 6.45) is 2.27. The number of pyridine rings is 1. The topological polar surface area (TPSA) is 96.8 Å². The van der Waals surface area contributed by atoms with Crippen molar-refractivity contribution in [2.75, 3.05) is 11.5 Å². The van der Waals surface area contributed by atoms with Gasteiger partial charge in [0.15, 0.2) is 0 Å². The third kappa shape index (κ3) is 4.74. The molecule has 178 valence electrons. The van der Waals surface area contributed by atoms with E-state index in [1.165, 1.54) is 4.90 Å². The average molecular weight is 535 g/mol. The van der Waals surface area contributed by atoms with Crippen molar-refractivity contribution in [1.29, 1.82) is 0 Å². The first kappa shape index (κ1) is 24.3. The van der Waals surface area contributed by atoms with Crippen LogP contribution in [0.5, 0.6) is 0 Å². The summed E-state index contributed by atoms with van der Waals surface area (Å²) in [5.41, 5.74) is 2.37. The van der Waals surface area contributed by atoms with E-state index in [-0.39, 0.29) is 11.3 Å². The number of halogens is 1. The Hall–Kier alpha value is -3.78. The lowest BCUT2D eigenvalue weighted by Crippen LogP contribution is -2.29. The number of anilines is 1. The van der Waals surface area contributed by atoms with Crippen LogP contribution in [-0.4, -0.2) is 34.4 Å². The van der Waals surface area contributed by atoms with E-state index in [1.807, 2.05) is 13.8 Å². The number of hydrogen-bond donors (Lipinski definition) is 1. The number of benzene rings is 2. The quantitative estimate of drug-likeness (QED) is 0.198. The van der Waals surface area contributed by atoms with Gasteiger partial charge in [-0.3, -0.25) is 19.5 Å². The predicted molar refractivity (Wildman–Crippen MR) is 135 cm³/mol. The third-order valence-corrected chi connectivity index (χ3v) is 6.55. The van der Waals surface area contributed by atoms with Crippen molar-refractivity contribution < 1.29 is 24.2 Å². The Morgan fingerprint density at radius 1 is 1.09 bits per heavy atom. The van der Waals surface area contributed by atoms with Gasteiger partial charge in [-0.25, -0.2) is 4.79 Å². The van der Waals surface area contributed by atoms with Gasteiger partial charge in [-0.1, -0.05) is 35.0 Å². The lowest BCUT2D eigenvalue weighted by molar-refractivity contribution is -0.132. The van der Waals surface area contributed by atoms with E-state index in [9.17, 15) is 19.5 Å². The molecule has 0 aliphatic carbocycles. The number of aliphatic hydroxyl groups excluding tert-OH is 1. The largest absolute Gasteiger partial charge is 0.507 e. The van der Waals surface area contributed by atoms with Crippen LogP contribution in [0.1, 0.15) is 46.6 Å². The Labute approximate surface area is 211 Å². The minimum Gasteiger partial charge on any atom is -0.507 e. The van der Waals surface area contributed by atoms with Crippen LogP contribution in [0.15, 0.2) is 76.9 Å². The zero-order valence-electron chi connectivity index (χ0n) is 19.2. The molecule has 1 aliphatic heterocycles. The molecule has 2 heterocycles. The lowest BCUT2D eigenvalue weighted by atomic mass is 9.97. The minimum atomic E-state index is -0.946. The SMILES string of the molecule is CCCOC(=O)c1ccc(N2C(=O)C(=O)/C(=C(\O)c3ccc(Br)c(C)c3)C2c2ccccn2)cc1. The number of aliphatic hydroxyl groups is 1. The highest BCUT2D eigenvalue weighted by atomic mass is 79.9. The highest BCUT2D eigenvalue weighted by Crippen LogP contribution is 2.41. The van der Waals surface area contributed by atoms with Crippen LogP contribution in [0.2, 0.25) is 0 Å². The molecule has 0 radical (unpaired) electrons. The fraction of sp³-hybridized carbons (Fsp3) is 0.185. The molecule has 1 N–H and O–H groups in total. The third-order valence-electron chi connectivity index (χ3n) is 5.66. The molecule has 2 aromatic carbocycles. The van der Waals surface area contributed by atoms with E-state index >= 15 is 0 Å². The van der Waals surface area contributed by atoms with Gasteiger partial charge >= 0.3 is 5.97 Å². The number of rotatable bonds is 6. The normalized spacial score (nSPS) is 17.0. The molecule has 1 saturated heterocycles. The van der Waals surface area contributed by atoms with Gasteiger partial charge in [0.1, 0.15) is 11.8 Å². The van der Waals surface area contributed by atoms with E-state index in [0.717, 1.165) is 10.0 Å². The molecule has 1 unspecified atom stereocenters. The van der Waals surface area contributed by atoms with Crippen LogP contribution in [0.25, 0.3) is 5.76 Å². The molecule has 0 bridgehead atoms. The Bertz CT molecular complexity index is 1320. The molecule has 1 amide bonds. The Balaban J connectivity index is 1.82. The molecule has 1 atom stereocenters. The van der Waals surface area contributed by atoms with Gasteiger partial charge in [-0.2, -0.15) is 0 Å². The van der Waals surface area contributed by atoms with Crippen molar-refractivity contribution in [3.63, 3.8) is 0 Å². The van der Waals surface area contributed by atoms with E-state index in [0.29, 0.717) is 35.5 Å². The first-order valence-corrected chi connectivity index (χ1v) is 11.9. The van der Waals surface area contributed by atoms with Crippen molar-refractivity contribution in [2.45, 2.75) is 26.3 Å². The number of Topliss-reactive ketones (excluding diaryl/α,β-unsaturated/α-hetero) is 1. The number of ketones is 1. The second kappa shape index (κ2) is 10.2. The zero-order valence-corrected chi connectivity index (χ0v) is 20.8. The molecule has 8 heteroatoms. The summed E-state index contributed by atoms with van der Waals surface area (Å²) >= 11 is 3.43. The molecule has 7 nitrogen and oxygen atoms in total. The summed E-state index contributed by atoms with van der Waals surface area (Å²) in [4.78, 5) is 44.3. The van der Waals surface area contributed by atoms with Gasteiger partial charge < -0.3 is 9.84 Å². The fourth-order valence-corrected chi connectivity index (χ4v) is 4.15. The maximum atomic E-state index is 13.2. The van der Waals surface area contributed by atoms with Gasteiger partial charge in [0.2, 0.25) is 0 Å². The summed E-state index contributed by atoms with van der Waals surface area (Å²) in [6, 6.07) is 15.6. The molecule has 4 rings (SSSR count). The van der Waals surface area contributed by atoms with E-state index in [4.69, 9.17) is 4.74 Å². The minimum absolute atomic E-state index is 0.0538. The second-order valence-corrected chi connectivity index (χ2v) is 8.92. The van der Waals surface area contributed by atoms with Crippen molar-refractivity contribution in [1.82, 2.24) is 4.98 Å². The number of esters is 1. The molecular weight excluding hydrogens is 512 g/mol. The predicted octanol–water partition coefficient (Wildman–Crippen LogP) is 5.35. The number of hydrogen-bond acceptors (Lipinski definition) is 6. The van der Waals surface area contributed by atoms with E-state index < -0.39 is 23.7 Å². The van der Waals surface area contributed by atoms with Crippen molar-refractivity contribution in [2.24, 2.45) is 0 Å². The monoisotopic (exact) mass is 534 g/mol. The van der Waals surface area contributed by atoms with Crippen LogP contribution in [-0.2, 0) is 14.3 Å². The smallest absolute Gasteiger partial charge is 0.338 e. The van der Waals surface area contributed by atoms with Gasteiger partial charge in [0.25, 0.3) is 11.7 Å². The number of carbonyl (C=O) groups excluding carboxylic acids is 3. The Morgan fingerprint density at radius 3 is 2.43 bits per heavy atom. The van der Waals surface area contributed by atoms with Crippen LogP contribution in [0.3, 0.4) is 0 Å². The van der Waals surface area contributed by atoms with Crippen molar-refractivity contribution in [3.8, 4) is 0 Å². The second-order valence-electron chi connectivity index (χ2n) is 8.07. The van der Waals surface area contributed by atoms with Crippen LogP contribution in [0, 0.1) is 6.92 Å². The van der Waals surface area contributed by atoms with Crippen LogP contribution < -0.4 is 4.90 Å². The van der Waals surface area contributed by atoms with E-state index in [2.05, 4.69) is 20.9 Å². The lowest BCUT2D eigenvalue weighted by Gasteiger charge is -2.24. The summed E-state index contributed by atoms with van der Waals surface area (Å²) in [6.45, 7) is 4.08. The molecule has 0 spiro atoms. The molecule has 35 heavy (non-hydrogen) atoms. The summed E-state index contributed by atoms with van der Waals surface area (Å²) in [7, 11) is 0. The molecule has 1 aliphatic rings. The maximum absolute atomic E-state index is 13.2. The molecular formula is C27H23BrN2O5. The standard InChI is InChI=1S/C27H23BrN2O5/c1-3-14-35-27(34)17-7-10-19(11-8-17)30-23(21-6-4-5-13-29-21)22(25(32)26(30)33)24(31)18-9-12-20(28)16(2)15-18/h4-13,15,23,31H,3,14H2,1-2H3/b24-22-. The number of amides is 1. The Kier molecular flexibility index (Phi) is 7.12. The molecule has 3 aromatic rings. The summed E-state index contributed by atoms with van der Waals surface area (Å²) < 4.78 is 6.01. The van der Waals surface area contributed by atoms with Crippen molar-refractivity contribution in [3.05, 3.63) is 99.3 Å². The number of carbonyl (C=O) groups is 3. The van der Waals surface area contributed by atoms with E-state index in [1.54, 1.807) is 66.9 Å². The first-order valence-electron chi connectivity index (χ1n) is 11.1. The molecule has 0 saturated carbocycles. The number of ether oxygens (including phenoxy) is 1. The highest BCUT2D eigenvalue weighted by molar-refractivity contribution is 9.10. The Morgan fingerprint density at radius 2 is 1.80 bits per heavy atom. The molecule has 1 aromatic heterocycles. The van der Waals surface area contributed by atoms with Gasteiger partial charge in [0, 0.05) is 21.9 Å². The van der Waals surface area contributed by atoms with Crippen molar-refractivity contribution >= 4 is 45.0 Å². The van der Waals surface area contributed by atoms with Gasteiger partial charge in [-0.15, -0.1) is 0 Å². The maximum Gasteiger partial charge on any atom is 0.338 e. The average Bonchev–Trinajstić information content (AvgIpc) is 3.14. The number of aromatic nitrogens is 1. The van der Waals surface area contributed by atoms with Crippen LogP contribution >= 0.6 is 15.9 Å². The first-order chi connectivity index (χ1) is 16.8. The number of nitrogens with zero attached hydrogens (tertiary/aromatic N) is 2. The van der Waals surface area contributed by atoms with Gasteiger partial charge in [0.05, 0.1) is 23.4 Å². The van der Waals surface area contributed by atoms with Crippen LogP contribution in [0.4, 0.5) is 5.69 Å².